The van der Waals surface area contributed by atoms with Crippen molar-refractivity contribution in [1.82, 2.24) is 0 Å². The Hall–Kier alpha value is -1.14. The Labute approximate surface area is 82.7 Å². The molecule has 1 aromatic carbocycles. The quantitative estimate of drug-likeness (QED) is 0.493. The van der Waals surface area contributed by atoms with Crippen molar-refractivity contribution in [3.8, 4) is 0 Å². The molecule has 0 fully saturated rings. The minimum absolute atomic E-state index is 0.129. The van der Waals surface area contributed by atoms with E-state index in [9.17, 15) is 12.8 Å². The predicted octanol–water partition coefficient (Wildman–Crippen LogP) is 0.0191. The molecule has 4 nitrogen and oxygen atoms in total. The summed E-state index contributed by atoms with van der Waals surface area (Å²) in [5.41, 5.74) is 11.4. The van der Waals surface area contributed by atoms with Crippen molar-refractivity contribution in [3.63, 3.8) is 0 Å². The summed E-state index contributed by atoms with van der Waals surface area (Å²) in [4.78, 5) is 0. The van der Waals surface area contributed by atoms with Gasteiger partial charge >= 0.3 is 0 Å². The molecule has 1 aromatic rings. The molecule has 0 aliphatic rings. The highest BCUT2D eigenvalue weighted by molar-refractivity contribution is 7.72. The van der Waals surface area contributed by atoms with Gasteiger partial charge in [0.05, 0.1) is 5.75 Å². The number of hydrogen-bond donors (Lipinski definition) is 3. The molecule has 6 heteroatoms. The monoisotopic (exact) mass is 218 g/mol. The summed E-state index contributed by atoms with van der Waals surface area (Å²) in [5.74, 6) is -0.820. The first-order valence-corrected chi connectivity index (χ1v) is 5.29. The van der Waals surface area contributed by atoms with Crippen LogP contribution in [0.25, 0.3) is 0 Å². The molecular formula is C8H11FN2O2S. The van der Waals surface area contributed by atoms with E-state index in [1.807, 2.05) is 0 Å². The van der Waals surface area contributed by atoms with E-state index in [2.05, 4.69) is 0 Å². The van der Waals surface area contributed by atoms with E-state index < -0.39 is 22.6 Å². The molecule has 0 amide bonds. The summed E-state index contributed by atoms with van der Waals surface area (Å²) in [6.07, 6.45) is 0. The number of benzene rings is 1. The zero-order chi connectivity index (χ0) is 10.7. The minimum Gasteiger partial charge on any atom is -0.399 e. The van der Waals surface area contributed by atoms with Gasteiger partial charge in [-0.25, -0.2) is 12.8 Å². The fraction of sp³-hybridized carbons (Fsp3) is 0.250. The van der Waals surface area contributed by atoms with Crippen molar-refractivity contribution in [2.45, 2.75) is 6.04 Å². The molecule has 0 heterocycles. The van der Waals surface area contributed by atoms with Gasteiger partial charge in [0.25, 0.3) is 0 Å². The van der Waals surface area contributed by atoms with Gasteiger partial charge in [-0.15, -0.1) is 0 Å². The van der Waals surface area contributed by atoms with Crippen LogP contribution >= 0.6 is 0 Å². The van der Waals surface area contributed by atoms with Crippen LogP contribution in [-0.4, -0.2) is 14.2 Å². The van der Waals surface area contributed by atoms with Gasteiger partial charge in [0, 0.05) is 17.3 Å². The highest BCUT2D eigenvalue weighted by Gasteiger charge is 2.12. The average molecular weight is 218 g/mol. The van der Waals surface area contributed by atoms with E-state index in [-0.39, 0.29) is 11.3 Å². The fourth-order valence-electron chi connectivity index (χ4n) is 1.11. The van der Waals surface area contributed by atoms with Crippen LogP contribution in [0, 0.1) is 5.82 Å². The average Bonchev–Trinajstić information content (AvgIpc) is 2.08. The minimum atomic E-state index is -2.62. The lowest BCUT2D eigenvalue weighted by Gasteiger charge is -2.09. The zero-order valence-corrected chi connectivity index (χ0v) is 8.21. The molecule has 0 unspecified atom stereocenters. The number of halogens is 1. The summed E-state index contributed by atoms with van der Waals surface area (Å²) in [6, 6.07) is 3.05. The second kappa shape index (κ2) is 4.39. The molecule has 0 aromatic heterocycles. The molecule has 0 saturated carbocycles. The molecule has 0 saturated heterocycles. The predicted molar refractivity (Wildman–Crippen MR) is 52.9 cm³/mol. The topological polar surface area (TPSA) is 86.2 Å². The van der Waals surface area contributed by atoms with Crippen molar-refractivity contribution in [2.75, 3.05) is 11.5 Å². The SMILES string of the molecule is Nc1ccc(F)c([C@@H](N)C[SH](=O)=O)c1. The van der Waals surface area contributed by atoms with Crippen molar-refractivity contribution >= 4 is 16.4 Å². The van der Waals surface area contributed by atoms with E-state index in [0.29, 0.717) is 5.69 Å². The molecule has 0 spiro atoms. The van der Waals surface area contributed by atoms with Crippen LogP contribution in [0.5, 0.6) is 0 Å². The first-order valence-electron chi connectivity index (χ1n) is 3.93. The smallest absolute Gasteiger partial charge is 0.142 e. The van der Waals surface area contributed by atoms with Gasteiger partial charge in [-0.1, -0.05) is 0 Å². The van der Waals surface area contributed by atoms with Gasteiger partial charge < -0.3 is 11.5 Å². The zero-order valence-electron chi connectivity index (χ0n) is 7.31. The maximum absolute atomic E-state index is 13.1. The Morgan fingerprint density at radius 2 is 2.07 bits per heavy atom. The Balaban J connectivity index is 2.99. The summed E-state index contributed by atoms with van der Waals surface area (Å²) < 4.78 is 33.9. The highest BCUT2D eigenvalue weighted by Crippen LogP contribution is 2.18. The normalized spacial score (nSPS) is 13.1. The lowest BCUT2D eigenvalue weighted by molar-refractivity contribution is 0.585. The van der Waals surface area contributed by atoms with E-state index >= 15 is 0 Å². The van der Waals surface area contributed by atoms with Crippen molar-refractivity contribution in [2.24, 2.45) is 5.73 Å². The largest absolute Gasteiger partial charge is 0.399 e. The number of hydrogen-bond acceptors (Lipinski definition) is 4. The maximum atomic E-state index is 13.1. The first-order chi connectivity index (χ1) is 6.50. The van der Waals surface area contributed by atoms with Crippen LogP contribution in [0.3, 0.4) is 0 Å². The van der Waals surface area contributed by atoms with Crippen LogP contribution in [0.15, 0.2) is 18.2 Å². The molecule has 1 rings (SSSR count). The van der Waals surface area contributed by atoms with Gasteiger partial charge in [0.15, 0.2) is 0 Å². The third kappa shape index (κ3) is 2.68. The third-order valence-electron chi connectivity index (χ3n) is 1.77. The van der Waals surface area contributed by atoms with Gasteiger partial charge in [-0.2, -0.15) is 0 Å². The van der Waals surface area contributed by atoms with Crippen LogP contribution in [0.1, 0.15) is 11.6 Å². The van der Waals surface area contributed by atoms with Gasteiger partial charge in [-0.3, -0.25) is 0 Å². The summed E-state index contributed by atoms with van der Waals surface area (Å²) in [5, 5.41) is 0. The Morgan fingerprint density at radius 3 is 2.64 bits per heavy atom. The Morgan fingerprint density at radius 1 is 1.43 bits per heavy atom. The van der Waals surface area contributed by atoms with Crippen LogP contribution in [0.4, 0.5) is 10.1 Å². The second-order valence-corrected chi connectivity index (χ2v) is 3.93. The molecular weight excluding hydrogens is 207 g/mol. The molecule has 0 bridgehead atoms. The third-order valence-corrected chi connectivity index (χ3v) is 2.46. The molecule has 0 aliphatic carbocycles. The van der Waals surface area contributed by atoms with Crippen molar-refractivity contribution < 1.29 is 12.8 Å². The molecule has 4 N–H and O–H groups in total. The number of rotatable bonds is 3. The Kier molecular flexibility index (Phi) is 3.43. The molecule has 78 valence electrons. The van der Waals surface area contributed by atoms with E-state index in [1.165, 1.54) is 18.2 Å². The lowest BCUT2D eigenvalue weighted by Crippen LogP contribution is -2.17. The molecule has 0 radical (unpaired) electrons. The van der Waals surface area contributed by atoms with E-state index in [4.69, 9.17) is 11.5 Å². The van der Waals surface area contributed by atoms with Crippen LogP contribution < -0.4 is 11.5 Å². The molecule has 14 heavy (non-hydrogen) atoms. The lowest BCUT2D eigenvalue weighted by atomic mass is 10.1. The maximum Gasteiger partial charge on any atom is 0.142 e. The van der Waals surface area contributed by atoms with E-state index in [0.717, 1.165) is 0 Å². The fourth-order valence-corrected chi connectivity index (χ4v) is 1.62. The van der Waals surface area contributed by atoms with Crippen LogP contribution in [0.2, 0.25) is 0 Å². The Bertz CT molecular complexity index is 398. The van der Waals surface area contributed by atoms with Gasteiger partial charge in [0.2, 0.25) is 0 Å². The second-order valence-electron chi connectivity index (χ2n) is 2.90. The molecule has 0 aliphatic heterocycles. The van der Waals surface area contributed by atoms with Crippen molar-refractivity contribution in [1.29, 1.82) is 0 Å². The summed E-state index contributed by atoms with van der Waals surface area (Å²) in [7, 11) is -2.62. The van der Waals surface area contributed by atoms with Gasteiger partial charge in [0.1, 0.15) is 16.5 Å². The molecule has 1 atom stereocenters. The number of nitrogen functional groups attached to an aromatic ring is 1. The van der Waals surface area contributed by atoms with Gasteiger partial charge in [-0.05, 0) is 18.2 Å². The first kappa shape index (κ1) is 10.9. The van der Waals surface area contributed by atoms with E-state index in [1.54, 1.807) is 0 Å². The summed E-state index contributed by atoms with van der Waals surface area (Å²) >= 11 is 0. The number of thiol groups is 1. The number of anilines is 1. The standard InChI is InChI=1S/C8H11FN2O2S/c9-7-2-1-5(10)3-6(7)8(11)4-14(12)13/h1-3,8,14H,4,10-11H2/t8-/m0/s1. The number of nitrogens with two attached hydrogens (primary N) is 2. The van der Waals surface area contributed by atoms with Crippen LogP contribution in [-0.2, 0) is 10.7 Å². The summed E-state index contributed by atoms with van der Waals surface area (Å²) in [6.45, 7) is 0. The van der Waals surface area contributed by atoms with Crippen molar-refractivity contribution in [3.05, 3.63) is 29.6 Å². The highest BCUT2D eigenvalue weighted by atomic mass is 32.2.